The number of hydrogen-bond donors (Lipinski definition) is 5. The van der Waals surface area contributed by atoms with E-state index in [0.29, 0.717) is 0 Å². The van der Waals surface area contributed by atoms with E-state index in [-0.39, 0.29) is 12.8 Å². The molecule has 6 nitrogen and oxygen atoms in total. The first kappa shape index (κ1) is 18.9. The van der Waals surface area contributed by atoms with Crippen LogP contribution in [0.4, 0.5) is 0 Å². The van der Waals surface area contributed by atoms with Crippen molar-refractivity contribution in [2.75, 3.05) is 6.61 Å². The summed E-state index contributed by atoms with van der Waals surface area (Å²) in [6, 6.07) is 0. The smallest absolute Gasteiger partial charge is 0.433 e. The number of hydrogen-bond acceptors (Lipinski definition) is 6. The average molecular weight is 231 g/mol. The first-order valence-corrected chi connectivity index (χ1v) is 8.79. The Labute approximate surface area is 81.0 Å². The van der Waals surface area contributed by atoms with E-state index in [4.69, 9.17) is 19.2 Å². The molecular weight excluding hydrogens is 210 g/mol. The van der Waals surface area contributed by atoms with E-state index < -0.39 is 17.4 Å². The minimum atomic E-state index is -4.16. The third kappa shape index (κ3) is 72.0. The minimum Gasteiger partial charge on any atom is -0.433 e. The fraction of sp³-hybridized carbons (Fsp3) is 1.00. The molecule has 0 fully saturated rings. The SMILES string of the molecule is CCO[Si](O)(O)O.C[Si](C)(C)O.N. The summed E-state index contributed by atoms with van der Waals surface area (Å²) >= 11 is 0. The molecule has 0 aliphatic rings. The van der Waals surface area contributed by atoms with Gasteiger partial charge in [-0.25, -0.2) is 0 Å². The van der Waals surface area contributed by atoms with Crippen LogP contribution in [0.2, 0.25) is 19.6 Å². The van der Waals surface area contributed by atoms with E-state index in [1.807, 2.05) is 19.6 Å². The Morgan fingerprint density at radius 2 is 1.23 bits per heavy atom. The molecule has 0 aromatic rings. The largest absolute Gasteiger partial charge is 0.671 e. The third-order valence-electron chi connectivity index (χ3n) is 0.338. The van der Waals surface area contributed by atoms with E-state index in [0.717, 1.165) is 0 Å². The van der Waals surface area contributed by atoms with Gasteiger partial charge in [-0.3, -0.25) is 0 Å². The molecule has 7 N–H and O–H groups in total. The van der Waals surface area contributed by atoms with Crippen LogP contribution in [-0.2, 0) is 4.43 Å². The highest BCUT2D eigenvalue weighted by atomic mass is 28.4. The van der Waals surface area contributed by atoms with Gasteiger partial charge in [-0.15, -0.1) is 0 Å². The van der Waals surface area contributed by atoms with Gasteiger partial charge in [0.05, 0.1) is 0 Å². The van der Waals surface area contributed by atoms with Crippen LogP contribution in [0, 0.1) is 0 Å². The Morgan fingerprint density at radius 1 is 1.00 bits per heavy atom. The minimum absolute atomic E-state index is 0. The van der Waals surface area contributed by atoms with Crippen molar-refractivity contribution >= 4 is 17.4 Å². The van der Waals surface area contributed by atoms with Gasteiger partial charge in [0.15, 0.2) is 8.32 Å². The molecule has 0 amide bonds. The molecular formula is C5H21NO5Si2. The van der Waals surface area contributed by atoms with Crippen molar-refractivity contribution in [2.45, 2.75) is 26.6 Å². The summed E-state index contributed by atoms with van der Waals surface area (Å²) in [7, 11) is -5.77. The molecule has 0 spiro atoms. The van der Waals surface area contributed by atoms with Crippen LogP contribution in [-0.4, -0.2) is 43.2 Å². The maximum Gasteiger partial charge on any atom is 0.671 e. The summed E-state index contributed by atoms with van der Waals surface area (Å²) in [5, 5.41) is 0. The summed E-state index contributed by atoms with van der Waals surface area (Å²) in [5.41, 5.74) is 0. The molecule has 0 bridgehead atoms. The molecule has 0 atom stereocenters. The topological polar surface area (TPSA) is 125 Å². The lowest BCUT2D eigenvalue weighted by molar-refractivity contribution is 0.0687. The molecule has 0 aliphatic heterocycles. The first-order chi connectivity index (χ1) is 5.06. The maximum absolute atomic E-state index is 8.66. The van der Waals surface area contributed by atoms with E-state index >= 15 is 0 Å². The van der Waals surface area contributed by atoms with Crippen molar-refractivity contribution < 1.29 is 23.6 Å². The van der Waals surface area contributed by atoms with Crippen molar-refractivity contribution in [3.05, 3.63) is 0 Å². The average Bonchev–Trinajstić information content (AvgIpc) is 1.54. The van der Waals surface area contributed by atoms with Gasteiger partial charge in [0.1, 0.15) is 0 Å². The van der Waals surface area contributed by atoms with E-state index in [1.165, 1.54) is 0 Å². The predicted octanol–water partition coefficient (Wildman–Crippen LogP) is -0.589. The van der Waals surface area contributed by atoms with Crippen molar-refractivity contribution in [3.8, 4) is 0 Å². The molecule has 0 aliphatic carbocycles. The Hall–Kier alpha value is 0.194. The Balaban J connectivity index is -0.000000150. The van der Waals surface area contributed by atoms with Crippen LogP contribution < -0.4 is 6.15 Å². The fourth-order valence-corrected chi connectivity index (χ4v) is 0.581. The predicted molar refractivity (Wildman–Crippen MR) is 54.6 cm³/mol. The molecule has 84 valence electrons. The van der Waals surface area contributed by atoms with Crippen LogP contribution in [0.3, 0.4) is 0 Å². The molecule has 8 heteroatoms. The monoisotopic (exact) mass is 231 g/mol. The van der Waals surface area contributed by atoms with Gasteiger partial charge < -0.3 is 29.8 Å². The lowest BCUT2D eigenvalue weighted by Crippen LogP contribution is -2.38. The van der Waals surface area contributed by atoms with Gasteiger partial charge in [0.25, 0.3) is 0 Å². The summed E-state index contributed by atoms with van der Waals surface area (Å²) in [4.78, 5) is 32.8. The lowest BCUT2D eigenvalue weighted by atomic mass is 10.9. The summed E-state index contributed by atoms with van der Waals surface area (Å²) < 4.78 is 4.03. The van der Waals surface area contributed by atoms with Gasteiger partial charge in [-0.05, 0) is 26.6 Å². The zero-order chi connectivity index (χ0) is 10.4. The van der Waals surface area contributed by atoms with Gasteiger partial charge in [0, 0.05) is 6.61 Å². The standard InChI is InChI=1S/C3H10OSi.C2H8O4Si.H3N/c1-5(2,3)4;1-2-6-7(3,4)5;/h4H,1-3H3;3-5H,2H2,1H3;1H3. The van der Waals surface area contributed by atoms with Gasteiger partial charge in [0.2, 0.25) is 0 Å². The molecule has 0 radical (unpaired) electrons. The van der Waals surface area contributed by atoms with E-state index in [9.17, 15) is 0 Å². The van der Waals surface area contributed by atoms with Crippen molar-refractivity contribution in [1.82, 2.24) is 6.15 Å². The van der Waals surface area contributed by atoms with Gasteiger partial charge in [-0.2, -0.15) is 0 Å². The second-order valence-corrected chi connectivity index (χ2v) is 8.96. The summed E-state index contributed by atoms with van der Waals surface area (Å²) in [5.74, 6) is 0. The highest BCUT2D eigenvalue weighted by molar-refractivity contribution is 6.68. The molecule has 0 aromatic heterocycles. The van der Waals surface area contributed by atoms with Crippen molar-refractivity contribution in [2.24, 2.45) is 0 Å². The van der Waals surface area contributed by atoms with Crippen molar-refractivity contribution in [3.63, 3.8) is 0 Å². The second kappa shape index (κ2) is 7.58. The molecule has 0 saturated heterocycles. The van der Waals surface area contributed by atoms with Crippen LogP contribution in [0.15, 0.2) is 0 Å². The Bertz CT molecular complexity index is 104. The second-order valence-electron chi connectivity index (χ2n) is 3.18. The Kier molecular flexibility index (Phi) is 11.0. The third-order valence-corrected chi connectivity index (χ3v) is 1.01. The van der Waals surface area contributed by atoms with Crippen LogP contribution in [0.25, 0.3) is 0 Å². The van der Waals surface area contributed by atoms with E-state index in [1.54, 1.807) is 6.92 Å². The number of rotatable bonds is 2. The molecule has 0 unspecified atom stereocenters. The maximum atomic E-state index is 8.66. The molecule has 0 saturated carbocycles. The van der Waals surface area contributed by atoms with Gasteiger partial charge >= 0.3 is 9.05 Å². The zero-order valence-corrected chi connectivity index (χ0v) is 10.6. The molecule has 13 heavy (non-hydrogen) atoms. The van der Waals surface area contributed by atoms with E-state index in [2.05, 4.69) is 4.43 Å². The lowest BCUT2D eigenvalue weighted by Gasteiger charge is -2.05. The quantitative estimate of drug-likeness (QED) is 0.405. The molecule has 0 aromatic carbocycles. The van der Waals surface area contributed by atoms with Crippen LogP contribution >= 0.6 is 0 Å². The fourth-order valence-electron chi connectivity index (χ4n) is 0.194. The van der Waals surface area contributed by atoms with Crippen LogP contribution in [0.1, 0.15) is 6.92 Å². The first-order valence-electron chi connectivity index (χ1n) is 3.59. The van der Waals surface area contributed by atoms with Crippen LogP contribution in [0.5, 0.6) is 0 Å². The van der Waals surface area contributed by atoms with Crippen molar-refractivity contribution in [1.29, 1.82) is 0 Å². The zero-order valence-electron chi connectivity index (χ0n) is 8.61. The summed E-state index contributed by atoms with van der Waals surface area (Å²) in [6.45, 7) is 7.33. The normalized spacial score (nSPS) is 11.1. The highest BCUT2D eigenvalue weighted by Gasteiger charge is 2.28. The summed E-state index contributed by atoms with van der Waals surface area (Å²) in [6.07, 6.45) is 0. The molecule has 0 rings (SSSR count). The Morgan fingerprint density at radius 3 is 1.23 bits per heavy atom. The highest BCUT2D eigenvalue weighted by Crippen LogP contribution is 1.88. The molecule has 0 heterocycles. The van der Waals surface area contributed by atoms with Gasteiger partial charge in [-0.1, -0.05) is 0 Å².